The monoisotopic (exact) mass is 384 g/mol. The lowest BCUT2D eigenvalue weighted by atomic mass is 10.1. The van der Waals surface area contributed by atoms with E-state index in [4.69, 9.17) is 4.42 Å². The minimum atomic E-state index is -0.710. The summed E-state index contributed by atoms with van der Waals surface area (Å²) in [6, 6.07) is 6.34. The fourth-order valence-corrected chi connectivity index (χ4v) is 2.76. The summed E-state index contributed by atoms with van der Waals surface area (Å²) in [4.78, 5) is 16.0. The maximum atomic E-state index is 13.7. The summed E-state index contributed by atoms with van der Waals surface area (Å²) in [5.41, 5.74) is 0.484. The number of hydrogen-bond donors (Lipinski definition) is 1. The molecule has 0 aliphatic carbocycles. The number of carbonyl (C=O) groups excluding carboxylic acids is 1. The largest absolute Gasteiger partial charge is 0.444 e. The molecule has 22 heavy (non-hydrogen) atoms. The fourth-order valence-electron chi connectivity index (χ4n) is 1.75. The molecule has 0 aliphatic heterocycles. The Morgan fingerprint density at radius 1 is 1.27 bits per heavy atom. The van der Waals surface area contributed by atoms with E-state index in [0.717, 1.165) is 23.5 Å². The number of amides is 1. The van der Waals surface area contributed by atoms with Crippen molar-refractivity contribution in [2.75, 3.05) is 5.32 Å². The summed E-state index contributed by atoms with van der Waals surface area (Å²) in [6.45, 7) is 0. The van der Waals surface area contributed by atoms with Gasteiger partial charge in [-0.25, -0.2) is 13.8 Å². The lowest BCUT2D eigenvalue weighted by molar-refractivity contribution is 0.0995. The highest BCUT2D eigenvalue weighted by Gasteiger charge is 2.14. The van der Waals surface area contributed by atoms with E-state index < -0.39 is 17.5 Å². The standard InChI is InChI=1S/C14H7BrF2N2O2S/c15-12-4-3-11(21-12)13(20)19-14-18-10(6-22-14)8-2-1-7(16)5-9(8)17/h1-6H,(H,18,19,20). The number of benzene rings is 1. The number of hydrogen-bond acceptors (Lipinski definition) is 4. The molecule has 4 nitrogen and oxygen atoms in total. The Morgan fingerprint density at radius 3 is 2.77 bits per heavy atom. The second-order valence-corrected chi connectivity index (χ2v) is 5.86. The maximum absolute atomic E-state index is 13.7. The van der Waals surface area contributed by atoms with Crippen LogP contribution in [0.4, 0.5) is 13.9 Å². The maximum Gasteiger partial charge on any atom is 0.293 e. The molecule has 3 rings (SSSR count). The summed E-state index contributed by atoms with van der Waals surface area (Å²) < 4.78 is 32.2. The number of halogens is 3. The lowest BCUT2D eigenvalue weighted by Gasteiger charge is -2.00. The Morgan fingerprint density at radius 2 is 2.09 bits per heavy atom. The number of rotatable bonds is 3. The van der Waals surface area contributed by atoms with E-state index in [-0.39, 0.29) is 16.5 Å². The Bertz CT molecular complexity index is 847. The van der Waals surface area contributed by atoms with Gasteiger partial charge in [-0.3, -0.25) is 10.1 Å². The number of anilines is 1. The normalized spacial score (nSPS) is 10.7. The van der Waals surface area contributed by atoms with Crippen molar-refractivity contribution < 1.29 is 18.0 Å². The first kappa shape index (κ1) is 14.9. The van der Waals surface area contributed by atoms with Gasteiger partial charge in [0.25, 0.3) is 5.91 Å². The highest BCUT2D eigenvalue weighted by Crippen LogP contribution is 2.27. The van der Waals surface area contributed by atoms with E-state index in [9.17, 15) is 13.6 Å². The van der Waals surface area contributed by atoms with Gasteiger partial charge in [-0.1, -0.05) is 0 Å². The molecule has 0 saturated heterocycles. The van der Waals surface area contributed by atoms with E-state index in [1.165, 1.54) is 12.1 Å². The van der Waals surface area contributed by atoms with Gasteiger partial charge in [-0.15, -0.1) is 11.3 Å². The average molecular weight is 385 g/mol. The molecule has 0 unspecified atom stereocenters. The Labute approximate surface area is 135 Å². The predicted molar refractivity (Wildman–Crippen MR) is 81.8 cm³/mol. The molecule has 1 N–H and O–H groups in total. The summed E-state index contributed by atoms with van der Waals surface area (Å²) >= 11 is 4.23. The third-order valence-electron chi connectivity index (χ3n) is 2.73. The molecule has 3 aromatic rings. The van der Waals surface area contributed by atoms with E-state index in [1.54, 1.807) is 11.4 Å². The first-order valence-corrected chi connectivity index (χ1v) is 7.68. The van der Waals surface area contributed by atoms with Crippen molar-refractivity contribution in [2.24, 2.45) is 0 Å². The number of furan rings is 1. The van der Waals surface area contributed by atoms with Crippen LogP contribution in [-0.4, -0.2) is 10.9 Å². The van der Waals surface area contributed by atoms with E-state index >= 15 is 0 Å². The van der Waals surface area contributed by atoms with Crippen LogP contribution in [0.5, 0.6) is 0 Å². The summed E-state index contributed by atoms with van der Waals surface area (Å²) in [6.07, 6.45) is 0. The SMILES string of the molecule is O=C(Nc1nc(-c2ccc(F)cc2F)cs1)c1ccc(Br)o1. The van der Waals surface area contributed by atoms with Gasteiger partial charge in [0.05, 0.1) is 5.69 Å². The predicted octanol–water partition coefficient (Wildman–Crippen LogP) is 4.70. The van der Waals surface area contributed by atoms with Crippen LogP contribution in [0, 0.1) is 11.6 Å². The van der Waals surface area contributed by atoms with Gasteiger partial charge in [0, 0.05) is 17.0 Å². The molecule has 0 bridgehead atoms. The minimum Gasteiger partial charge on any atom is -0.444 e. The van der Waals surface area contributed by atoms with Crippen LogP contribution in [0.15, 0.2) is 44.8 Å². The summed E-state index contributed by atoms with van der Waals surface area (Å²) in [5, 5.41) is 4.41. The molecule has 0 fully saturated rings. The van der Waals surface area contributed by atoms with Crippen molar-refractivity contribution >= 4 is 38.3 Å². The van der Waals surface area contributed by atoms with Gasteiger partial charge in [0.15, 0.2) is 15.6 Å². The smallest absolute Gasteiger partial charge is 0.293 e. The summed E-state index contributed by atoms with van der Waals surface area (Å²) in [5.74, 6) is -1.71. The first-order chi connectivity index (χ1) is 10.5. The van der Waals surface area contributed by atoms with Crippen LogP contribution >= 0.6 is 27.3 Å². The minimum absolute atomic E-state index is 0.122. The van der Waals surface area contributed by atoms with E-state index in [1.807, 2.05) is 0 Å². The van der Waals surface area contributed by atoms with Gasteiger partial charge < -0.3 is 4.42 Å². The fraction of sp³-hybridized carbons (Fsp3) is 0. The van der Waals surface area contributed by atoms with Crippen molar-refractivity contribution in [1.29, 1.82) is 0 Å². The van der Waals surface area contributed by atoms with Crippen LogP contribution in [0.1, 0.15) is 10.6 Å². The van der Waals surface area contributed by atoms with Crippen molar-refractivity contribution in [2.45, 2.75) is 0 Å². The van der Waals surface area contributed by atoms with Gasteiger partial charge in [0.2, 0.25) is 0 Å². The number of nitrogens with zero attached hydrogens (tertiary/aromatic N) is 1. The van der Waals surface area contributed by atoms with Crippen LogP contribution in [0.25, 0.3) is 11.3 Å². The second kappa shape index (κ2) is 5.98. The lowest BCUT2D eigenvalue weighted by Crippen LogP contribution is -2.10. The Hall–Kier alpha value is -2.06. The van der Waals surface area contributed by atoms with Crippen molar-refractivity contribution in [3.63, 3.8) is 0 Å². The molecule has 0 radical (unpaired) electrons. The quantitative estimate of drug-likeness (QED) is 0.712. The number of carbonyl (C=O) groups is 1. The topological polar surface area (TPSA) is 55.1 Å². The van der Waals surface area contributed by atoms with Crippen molar-refractivity contribution in [3.8, 4) is 11.3 Å². The third-order valence-corrected chi connectivity index (χ3v) is 3.91. The third kappa shape index (κ3) is 3.07. The van der Waals surface area contributed by atoms with Gasteiger partial charge in [-0.2, -0.15) is 0 Å². The average Bonchev–Trinajstić information content (AvgIpc) is 3.08. The van der Waals surface area contributed by atoms with Gasteiger partial charge >= 0.3 is 0 Å². The molecule has 2 heterocycles. The molecule has 0 atom stereocenters. The highest BCUT2D eigenvalue weighted by molar-refractivity contribution is 9.10. The van der Waals surface area contributed by atoms with Gasteiger partial charge in [-0.05, 0) is 40.2 Å². The molecule has 0 spiro atoms. The molecule has 112 valence electrons. The molecular formula is C14H7BrF2N2O2S. The van der Waals surface area contributed by atoms with Crippen molar-refractivity contribution in [3.05, 3.63) is 57.8 Å². The zero-order valence-electron chi connectivity index (χ0n) is 10.8. The Balaban J connectivity index is 1.80. The zero-order valence-corrected chi connectivity index (χ0v) is 13.2. The Kier molecular flexibility index (Phi) is 4.04. The number of aromatic nitrogens is 1. The van der Waals surface area contributed by atoms with E-state index in [2.05, 4.69) is 26.2 Å². The van der Waals surface area contributed by atoms with E-state index in [0.29, 0.717) is 10.4 Å². The molecule has 2 aromatic heterocycles. The molecule has 0 saturated carbocycles. The second-order valence-electron chi connectivity index (χ2n) is 4.22. The number of nitrogens with one attached hydrogen (secondary N) is 1. The molecule has 1 amide bonds. The summed E-state index contributed by atoms with van der Waals surface area (Å²) in [7, 11) is 0. The van der Waals surface area contributed by atoms with Crippen molar-refractivity contribution in [1.82, 2.24) is 4.98 Å². The van der Waals surface area contributed by atoms with Crippen LogP contribution in [0.2, 0.25) is 0 Å². The molecular weight excluding hydrogens is 378 g/mol. The molecule has 1 aromatic carbocycles. The number of thiazole rings is 1. The first-order valence-electron chi connectivity index (χ1n) is 6.00. The zero-order chi connectivity index (χ0) is 15.7. The molecule has 0 aliphatic rings. The van der Waals surface area contributed by atoms with Crippen LogP contribution in [0.3, 0.4) is 0 Å². The molecule has 8 heteroatoms. The van der Waals surface area contributed by atoms with Crippen LogP contribution in [-0.2, 0) is 0 Å². The van der Waals surface area contributed by atoms with Crippen LogP contribution < -0.4 is 5.32 Å². The highest BCUT2D eigenvalue weighted by atomic mass is 79.9. The van der Waals surface area contributed by atoms with Gasteiger partial charge in [0.1, 0.15) is 11.6 Å².